The summed E-state index contributed by atoms with van der Waals surface area (Å²) in [7, 11) is 0. The van der Waals surface area contributed by atoms with E-state index in [-0.39, 0.29) is 12.4 Å². The first kappa shape index (κ1) is 11.5. The second-order valence-electron chi connectivity index (χ2n) is 2.63. The summed E-state index contributed by atoms with van der Waals surface area (Å²) in [6, 6.07) is 1.72. The monoisotopic (exact) mass is 227 g/mol. The zero-order valence-electron chi connectivity index (χ0n) is 7.83. The highest BCUT2D eigenvalue weighted by atomic mass is 35.5. The van der Waals surface area contributed by atoms with Gasteiger partial charge >= 0.3 is 0 Å². The van der Waals surface area contributed by atoms with Crippen molar-refractivity contribution in [3.05, 3.63) is 24.3 Å². The van der Waals surface area contributed by atoms with Gasteiger partial charge in [0.25, 0.3) is 5.89 Å². The van der Waals surface area contributed by atoms with Gasteiger partial charge in [0.15, 0.2) is 5.82 Å². The van der Waals surface area contributed by atoms with Crippen molar-refractivity contribution in [2.45, 2.75) is 6.42 Å². The third-order valence-electron chi connectivity index (χ3n) is 1.59. The highest BCUT2D eigenvalue weighted by Gasteiger charge is 2.09. The Morgan fingerprint density at radius 3 is 2.67 bits per heavy atom. The van der Waals surface area contributed by atoms with Crippen LogP contribution in [-0.4, -0.2) is 26.7 Å². The van der Waals surface area contributed by atoms with Gasteiger partial charge in [-0.15, -0.1) is 12.4 Å². The molecular weight excluding hydrogens is 218 g/mol. The van der Waals surface area contributed by atoms with E-state index in [0.717, 1.165) is 0 Å². The third kappa shape index (κ3) is 2.71. The fourth-order valence-corrected chi connectivity index (χ4v) is 0.985. The average molecular weight is 228 g/mol. The van der Waals surface area contributed by atoms with Crippen LogP contribution in [0, 0.1) is 0 Å². The van der Waals surface area contributed by atoms with Crippen molar-refractivity contribution >= 4 is 12.4 Å². The molecule has 0 unspecified atom stereocenters. The van der Waals surface area contributed by atoms with Gasteiger partial charge in [-0.1, -0.05) is 5.16 Å². The van der Waals surface area contributed by atoms with Gasteiger partial charge in [0, 0.05) is 18.8 Å². The van der Waals surface area contributed by atoms with Gasteiger partial charge in [-0.05, 0) is 12.6 Å². The number of rotatable bonds is 3. The van der Waals surface area contributed by atoms with Gasteiger partial charge in [-0.25, -0.2) is 9.97 Å². The molecule has 0 aliphatic heterocycles. The highest BCUT2D eigenvalue weighted by molar-refractivity contribution is 5.85. The maximum absolute atomic E-state index is 5.36. The number of halogens is 1. The van der Waals surface area contributed by atoms with E-state index in [1.165, 1.54) is 0 Å². The van der Waals surface area contributed by atoms with Crippen molar-refractivity contribution in [3.8, 4) is 11.7 Å². The van der Waals surface area contributed by atoms with Crippen molar-refractivity contribution < 1.29 is 4.52 Å². The lowest BCUT2D eigenvalue weighted by Crippen LogP contribution is -2.03. The quantitative estimate of drug-likeness (QED) is 0.819. The van der Waals surface area contributed by atoms with Crippen molar-refractivity contribution in [3.63, 3.8) is 0 Å². The first-order valence-electron chi connectivity index (χ1n) is 4.20. The van der Waals surface area contributed by atoms with E-state index in [1.807, 2.05) is 0 Å². The Hall–Kier alpha value is -1.53. The maximum atomic E-state index is 5.36. The molecule has 2 aromatic heterocycles. The molecule has 0 aliphatic rings. The Bertz CT molecular complexity index is 404. The molecule has 0 saturated heterocycles. The number of nitrogens with two attached hydrogens (primary N) is 1. The molecule has 0 radical (unpaired) electrons. The van der Waals surface area contributed by atoms with E-state index in [0.29, 0.717) is 30.5 Å². The summed E-state index contributed by atoms with van der Waals surface area (Å²) in [5, 5.41) is 3.74. The van der Waals surface area contributed by atoms with Gasteiger partial charge in [0.05, 0.1) is 0 Å². The molecule has 0 spiro atoms. The molecule has 6 nitrogen and oxygen atoms in total. The van der Waals surface area contributed by atoms with Crippen LogP contribution in [0.3, 0.4) is 0 Å². The fourth-order valence-electron chi connectivity index (χ4n) is 0.985. The van der Waals surface area contributed by atoms with Crippen LogP contribution in [0.25, 0.3) is 11.7 Å². The van der Waals surface area contributed by atoms with E-state index in [2.05, 4.69) is 20.1 Å². The summed E-state index contributed by atoms with van der Waals surface area (Å²) in [5.41, 5.74) is 5.36. The lowest BCUT2D eigenvalue weighted by molar-refractivity contribution is 0.420. The minimum atomic E-state index is 0. The van der Waals surface area contributed by atoms with Crippen molar-refractivity contribution in [2.24, 2.45) is 5.73 Å². The van der Waals surface area contributed by atoms with E-state index in [4.69, 9.17) is 10.3 Å². The molecule has 0 amide bonds. The Kier molecular flexibility index (Phi) is 4.14. The summed E-state index contributed by atoms with van der Waals surface area (Å²) in [6.45, 7) is 0.495. The zero-order valence-corrected chi connectivity index (χ0v) is 8.65. The summed E-state index contributed by atoms with van der Waals surface area (Å²) in [4.78, 5) is 12.1. The molecule has 0 aromatic carbocycles. The Labute approximate surface area is 92.3 Å². The molecule has 2 N–H and O–H groups in total. The van der Waals surface area contributed by atoms with Crippen LogP contribution in [0.2, 0.25) is 0 Å². The molecule has 2 heterocycles. The topological polar surface area (TPSA) is 90.7 Å². The van der Waals surface area contributed by atoms with Crippen LogP contribution in [0.1, 0.15) is 5.82 Å². The van der Waals surface area contributed by atoms with Gasteiger partial charge < -0.3 is 10.3 Å². The lowest BCUT2D eigenvalue weighted by Gasteiger charge is -1.88. The van der Waals surface area contributed by atoms with Gasteiger partial charge in [0.1, 0.15) is 0 Å². The highest BCUT2D eigenvalue weighted by Crippen LogP contribution is 2.09. The second-order valence-corrected chi connectivity index (χ2v) is 2.63. The van der Waals surface area contributed by atoms with E-state index in [1.54, 1.807) is 18.5 Å². The Morgan fingerprint density at radius 1 is 1.27 bits per heavy atom. The van der Waals surface area contributed by atoms with Crippen LogP contribution in [0.15, 0.2) is 23.0 Å². The molecule has 2 aromatic rings. The molecule has 0 atom stereocenters. The zero-order chi connectivity index (χ0) is 9.80. The summed E-state index contributed by atoms with van der Waals surface area (Å²) >= 11 is 0. The Balaban J connectivity index is 0.00000112. The van der Waals surface area contributed by atoms with Crippen molar-refractivity contribution in [2.75, 3.05) is 6.54 Å². The molecule has 15 heavy (non-hydrogen) atoms. The van der Waals surface area contributed by atoms with Gasteiger partial charge in [0.2, 0.25) is 5.82 Å². The van der Waals surface area contributed by atoms with Crippen LogP contribution in [-0.2, 0) is 6.42 Å². The van der Waals surface area contributed by atoms with E-state index in [9.17, 15) is 0 Å². The molecule has 0 bridgehead atoms. The number of aromatic nitrogens is 4. The normalized spacial score (nSPS) is 9.67. The first-order valence-corrected chi connectivity index (χ1v) is 4.20. The van der Waals surface area contributed by atoms with Crippen LogP contribution in [0.5, 0.6) is 0 Å². The van der Waals surface area contributed by atoms with Crippen LogP contribution >= 0.6 is 12.4 Å². The predicted octanol–water partition coefficient (Wildman–Crippen LogP) is 0.450. The Morgan fingerprint density at radius 2 is 2.00 bits per heavy atom. The molecule has 0 aliphatic carbocycles. The molecule has 80 valence electrons. The van der Waals surface area contributed by atoms with E-state index < -0.39 is 0 Å². The van der Waals surface area contributed by atoms with Gasteiger partial charge in [-0.2, -0.15) is 4.98 Å². The summed E-state index contributed by atoms with van der Waals surface area (Å²) in [5.74, 6) is 1.34. The molecule has 0 saturated carbocycles. The van der Waals surface area contributed by atoms with Crippen molar-refractivity contribution in [1.29, 1.82) is 0 Å². The minimum absolute atomic E-state index is 0. The summed E-state index contributed by atoms with van der Waals surface area (Å²) in [6.07, 6.45) is 3.83. The van der Waals surface area contributed by atoms with Gasteiger partial charge in [-0.3, -0.25) is 0 Å². The average Bonchev–Trinajstić information content (AvgIpc) is 2.68. The molecular formula is C8H10ClN5O. The summed E-state index contributed by atoms with van der Waals surface area (Å²) < 4.78 is 4.96. The number of hydrogen-bond donors (Lipinski definition) is 1. The predicted molar refractivity (Wildman–Crippen MR) is 55.3 cm³/mol. The first-order chi connectivity index (χ1) is 6.90. The fraction of sp³-hybridized carbons (Fsp3) is 0.250. The van der Waals surface area contributed by atoms with Crippen LogP contribution < -0.4 is 5.73 Å². The second kappa shape index (κ2) is 5.38. The number of nitrogens with zero attached hydrogens (tertiary/aromatic N) is 4. The SMILES string of the molecule is Cl.NCCc1noc(-c2ncccn2)n1. The third-order valence-corrected chi connectivity index (χ3v) is 1.59. The number of hydrogen-bond acceptors (Lipinski definition) is 6. The smallest absolute Gasteiger partial charge is 0.295 e. The van der Waals surface area contributed by atoms with E-state index >= 15 is 0 Å². The molecule has 2 rings (SSSR count). The largest absolute Gasteiger partial charge is 0.330 e. The lowest BCUT2D eigenvalue weighted by atomic mass is 10.4. The van der Waals surface area contributed by atoms with Crippen LogP contribution in [0.4, 0.5) is 0 Å². The standard InChI is InChI=1S/C8H9N5O.ClH/c9-3-2-6-12-8(14-13-6)7-10-4-1-5-11-7;/h1,4-5H,2-3,9H2;1H. The maximum Gasteiger partial charge on any atom is 0.295 e. The molecule has 0 fully saturated rings. The van der Waals surface area contributed by atoms with Crippen molar-refractivity contribution in [1.82, 2.24) is 20.1 Å². The molecule has 7 heteroatoms. The minimum Gasteiger partial charge on any atom is -0.330 e.